The molecule has 1 aliphatic rings. The number of nitrogens with two attached hydrogens (primary N) is 1. The maximum Gasteiger partial charge on any atom is 0.292 e. The summed E-state index contributed by atoms with van der Waals surface area (Å²) in [5.74, 6) is 0.670. The summed E-state index contributed by atoms with van der Waals surface area (Å²) in [5.41, 5.74) is 5.73. The van der Waals surface area contributed by atoms with E-state index >= 15 is 0 Å². The highest BCUT2D eigenvalue weighted by atomic mass is 32.2. The number of nitrogens with zero attached hydrogens (tertiary/aromatic N) is 2. The summed E-state index contributed by atoms with van der Waals surface area (Å²) < 4.78 is 0. The number of para-hydroxylation sites is 1. The summed E-state index contributed by atoms with van der Waals surface area (Å²) in [4.78, 5) is 24.5. The van der Waals surface area contributed by atoms with E-state index in [4.69, 9.17) is 5.73 Å². The standard InChI is InChI=1S/C13H17N3O3S/c1-2-9-8-15(6-7-20-9)13(17)10-4-3-5-11(12(10)14)16(18)19/h3-5,9H,2,6-8,14H2,1H3. The van der Waals surface area contributed by atoms with Crippen LogP contribution in [0.2, 0.25) is 0 Å². The lowest BCUT2D eigenvalue weighted by atomic mass is 10.1. The van der Waals surface area contributed by atoms with Crippen molar-refractivity contribution in [2.45, 2.75) is 18.6 Å². The number of benzene rings is 1. The number of anilines is 1. The first-order valence-electron chi connectivity index (χ1n) is 6.48. The number of amides is 1. The van der Waals surface area contributed by atoms with Gasteiger partial charge in [0.05, 0.1) is 10.5 Å². The van der Waals surface area contributed by atoms with Gasteiger partial charge in [-0.2, -0.15) is 11.8 Å². The van der Waals surface area contributed by atoms with E-state index in [1.54, 1.807) is 11.0 Å². The van der Waals surface area contributed by atoms with Gasteiger partial charge in [-0.1, -0.05) is 13.0 Å². The maximum atomic E-state index is 12.5. The van der Waals surface area contributed by atoms with Crippen LogP contribution in [0.4, 0.5) is 11.4 Å². The minimum absolute atomic E-state index is 0.0474. The molecule has 0 saturated carbocycles. The molecule has 0 spiro atoms. The fourth-order valence-corrected chi connectivity index (χ4v) is 3.40. The Bertz CT molecular complexity index is 536. The van der Waals surface area contributed by atoms with Gasteiger partial charge in [0.25, 0.3) is 11.6 Å². The van der Waals surface area contributed by atoms with Crippen molar-refractivity contribution in [1.82, 2.24) is 4.90 Å². The average molecular weight is 295 g/mol. The minimum atomic E-state index is -0.562. The van der Waals surface area contributed by atoms with Gasteiger partial charge in [0.1, 0.15) is 5.69 Å². The van der Waals surface area contributed by atoms with E-state index in [9.17, 15) is 14.9 Å². The lowest BCUT2D eigenvalue weighted by molar-refractivity contribution is -0.383. The van der Waals surface area contributed by atoms with Crippen LogP contribution >= 0.6 is 11.8 Å². The highest BCUT2D eigenvalue weighted by molar-refractivity contribution is 8.00. The lowest BCUT2D eigenvalue weighted by Crippen LogP contribution is -2.42. The van der Waals surface area contributed by atoms with E-state index in [-0.39, 0.29) is 22.8 Å². The molecule has 1 aliphatic heterocycles. The SMILES string of the molecule is CCC1CN(C(=O)c2cccc([N+](=O)[O-])c2N)CCS1. The largest absolute Gasteiger partial charge is 0.393 e. The van der Waals surface area contributed by atoms with Gasteiger partial charge in [-0.25, -0.2) is 0 Å². The van der Waals surface area contributed by atoms with Gasteiger partial charge in [0.2, 0.25) is 0 Å². The Morgan fingerprint density at radius 1 is 1.60 bits per heavy atom. The summed E-state index contributed by atoms with van der Waals surface area (Å²) in [6.07, 6.45) is 0.999. The topological polar surface area (TPSA) is 89.5 Å². The van der Waals surface area contributed by atoms with Crippen molar-refractivity contribution in [3.8, 4) is 0 Å². The molecule has 1 aromatic rings. The third-order valence-electron chi connectivity index (χ3n) is 3.39. The van der Waals surface area contributed by atoms with Gasteiger partial charge in [0.15, 0.2) is 0 Å². The zero-order valence-electron chi connectivity index (χ0n) is 11.2. The van der Waals surface area contributed by atoms with E-state index in [1.165, 1.54) is 12.1 Å². The highest BCUT2D eigenvalue weighted by Crippen LogP contribution is 2.28. The first kappa shape index (κ1) is 14.6. The van der Waals surface area contributed by atoms with Crippen LogP contribution in [-0.2, 0) is 0 Å². The molecular formula is C13H17N3O3S. The van der Waals surface area contributed by atoms with Gasteiger partial charge in [0, 0.05) is 30.2 Å². The van der Waals surface area contributed by atoms with Crippen LogP contribution in [0, 0.1) is 10.1 Å². The molecule has 0 aliphatic carbocycles. The van der Waals surface area contributed by atoms with Crippen LogP contribution in [0.5, 0.6) is 0 Å². The van der Waals surface area contributed by atoms with Gasteiger partial charge in [-0.15, -0.1) is 0 Å². The number of thioether (sulfide) groups is 1. The molecule has 2 rings (SSSR count). The molecule has 1 saturated heterocycles. The summed E-state index contributed by atoms with van der Waals surface area (Å²) in [5, 5.41) is 11.3. The van der Waals surface area contributed by atoms with E-state index < -0.39 is 4.92 Å². The summed E-state index contributed by atoms with van der Waals surface area (Å²) >= 11 is 1.86. The van der Waals surface area contributed by atoms with Gasteiger partial charge in [-0.05, 0) is 12.5 Å². The molecule has 1 amide bonds. The molecule has 1 aromatic carbocycles. The lowest BCUT2D eigenvalue weighted by Gasteiger charge is -2.32. The monoisotopic (exact) mass is 295 g/mol. The number of nitro benzene ring substituents is 1. The average Bonchev–Trinajstić information content (AvgIpc) is 2.46. The van der Waals surface area contributed by atoms with Crippen molar-refractivity contribution >= 4 is 29.0 Å². The number of hydrogen-bond acceptors (Lipinski definition) is 5. The molecule has 20 heavy (non-hydrogen) atoms. The van der Waals surface area contributed by atoms with Crippen molar-refractivity contribution < 1.29 is 9.72 Å². The van der Waals surface area contributed by atoms with E-state index in [0.717, 1.165) is 12.2 Å². The molecule has 1 heterocycles. The zero-order valence-corrected chi connectivity index (χ0v) is 12.1. The number of hydrogen-bond donors (Lipinski definition) is 1. The molecule has 0 radical (unpaired) electrons. The molecule has 0 bridgehead atoms. The fourth-order valence-electron chi connectivity index (χ4n) is 2.22. The van der Waals surface area contributed by atoms with Crippen LogP contribution in [0.25, 0.3) is 0 Å². The zero-order chi connectivity index (χ0) is 14.7. The Labute approximate surface area is 121 Å². The molecule has 7 heteroatoms. The summed E-state index contributed by atoms with van der Waals surface area (Å²) in [6.45, 7) is 3.41. The number of rotatable bonds is 3. The van der Waals surface area contributed by atoms with Crippen molar-refractivity contribution in [3.63, 3.8) is 0 Å². The molecule has 1 unspecified atom stereocenters. The van der Waals surface area contributed by atoms with Crippen LogP contribution in [-0.4, -0.2) is 39.8 Å². The first-order chi connectivity index (χ1) is 9.54. The van der Waals surface area contributed by atoms with E-state index in [0.29, 0.717) is 18.3 Å². The van der Waals surface area contributed by atoms with E-state index in [2.05, 4.69) is 6.92 Å². The smallest absolute Gasteiger partial charge is 0.292 e. The maximum absolute atomic E-state index is 12.5. The highest BCUT2D eigenvalue weighted by Gasteiger charge is 2.27. The predicted molar refractivity (Wildman–Crippen MR) is 79.9 cm³/mol. The third-order valence-corrected chi connectivity index (χ3v) is 4.76. The Balaban J connectivity index is 2.25. The van der Waals surface area contributed by atoms with E-state index in [1.807, 2.05) is 11.8 Å². The number of nitrogen functional groups attached to an aromatic ring is 1. The second-order valence-electron chi connectivity index (χ2n) is 4.65. The predicted octanol–water partition coefficient (Wildman–Crippen LogP) is 2.14. The number of nitro groups is 1. The summed E-state index contributed by atoms with van der Waals surface area (Å²) in [7, 11) is 0. The molecule has 6 nitrogen and oxygen atoms in total. The number of carbonyl (C=O) groups excluding carboxylic acids is 1. The molecule has 0 aromatic heterocycles. The van der Waals surface area contributed by atoms with Gasteiger partial charge < -0.3 is 10.6 Å². The van der Waals surface area contributed by atoms with Crippen LogP contribution < -0.4 is 5.73 Å². The van der Waals surface area contributed by atoms with Crippen LogP contribution in [0.15, 0.2) is 18.2 Å². The van der Waals surface area contributed by atoms with Crippen LogP contribution in [0.3, 0.4) is 0 Å². The van der Waals surface area contributed by atoms with Crippen molar-refractivity contribution in [1.29, 1.82) is 0 Å². The normalized spacial score (nSPS) is 18.9. The minimum Gasteiger partial charge on any atom is -0.393 e. The van der Waals surface area contributed by atoms with Gasteiger partial charge >= 0.3 is 0 Å². The fraction of sp³-hybridized carbons (Fsp3) is 0.462. The second kappa shape index (κ2) is 6.13. The van der Waals surface area contributed by atoms with Crippen LogP contribution in [0.1, 0.15) is 23.7 Å². The van der Waals surface area contributed by atoms with Crippen molar-refractivity contribution in [3.05, 3.63) is 33.9 Å². The molecule has 1 fully saturated rings. The van der Waals surface area contributed by atoms with Crippen molar-refractivity contribution in [2.24, 2.45) is 0 Å². The van der Waals surface area contributed by atoms with Gasteiger partial charge in [-0.3, -0.25) is 14.9 Å². The molecule has 108 valence electrons. The first-order valence-corrected chi connectivity index (χ1v) is 7.53. The van der Waals surface area contributed by atoms with Crippen molar-refractivity contribution in [2.75, 3.05) is 24.6 Å². The molecule has 2 N–H and O–H groups in total. The Hall–Kier alpha value is -1.76. The Morgan fingerprint density at radius 2 is 2.35 bits per heavy atom. The third kappa shape index (κ3) is 2.87. The summed E-state index contributed by atoms with van der Waals surface area (Å²) in [6, 6.07) is 4.36. The Kier molecular flexibility index (Phi) is 4.49. The molecule has 1 atom stereocenters. The second-order valence-corrected chi connectivity index (χ2v) is 6.06. The Morgan fingerprint density at radius 3 is 3.00 bits per heavy atom. The quantitative estimate of drug-likeness (QED) is 0.524. The number of carbonyl (C=O) groups is 1. The molecular weight excluding hydrogens is 278 g/mol.